The van der Waals surface area contributed by atoms with Gasteiger partial charge in [-0.3, -0.25) is 0 Å². The summed E-state index contributed by atoms with van der Waals surface area (Å²) in [6, 6.07) is 11.0. The molecule has 4 nitrogen and oxygen atoms in total. The van der Waals surface area contributed by atoms with E-state index in [4.69, 9.17) is 27.8 Å². The minimum Gasteiger partial charge on any atom is -0.438 e. The second-order valence-electron chi connectivity index (χ2n) is 3.94. The van der Waals surface area contributed by atoms with Gasteiger partial charge in [0.15, 0.2) is 0 Å². The molecule has 0 unspecified atom stereocenters. The minimum atomic E-state index is 0.131. The molecular weight excluding hydrogens is 260 g/mol. The van der Waals surface area contributed by atoms with Crippen LogP contribution < -0.4 is 10.5 Å². The Morgan fingerprint density at radius 2 is 2.00 bits per heavy atom. The lowest BCUT2D eigenvalue weighted by molar-refractivity contribution is 0.299. The quantitative estimate of drug-likeness (QED) is 0.817. The molecule has 0 atom stereocenters. The second kappa shape index (κ2) is 6.26. The van der Waals surface area contributed by atoms with E-state index in [1.807, 2.05) is 24.3 Å². The lowest BCUT2D eigenvalue weighted by Gasteiger charge is -2.09. The van der Waals surface area contributed by atoms with Gasteiger partial charge in [-0.1, -0.05) is 24.4 Å². The number of hydrogen-bond acceptors (Lipinski definition) is 4. The molecule has 0 aliphatic rings. The molecule has 0 aliphatic carbocycles. The van der Waals surface area contributed by atoms with Crippen LogP contribution in [0.3, 0.4) is 0 Å². The number of nitrogens with two attached hydrogens (primary N) is 1. The first-order valence-corrected chi connectivity index (χ1v) is 6.24. The van der Waals surface area contributed by atoms with Crippen LogP contribution in [0.15, 0.2) is 42.6 Å². The first kappa shape index (κ1) is 13.5. The molecule has 19 heavy (non-hydrogen) atoms. The fourth-order valence-electron chi connectivity index (χ4n) is 1.62. The van der Waals surface area contributed by atoms with E-state index in [2.05, 4.69) is 4.98 Å². The zero-order valence-electron chi connectivity index (χ0n) is 10.2. The first-order chi connectivity index (χ1) is 9.20. The Bertz CT molecular complexity index is 570. The van der Waals surface area contributed by atoms with E-state index in [0.29, 0.717) is 23.6 Å². The van der Waals surface area contributed by atoms with E-state index in [0.717, 1.165) is 5.56 Å². The maximum absolute atomic E-state index is 8.85. The summed E-state index contributed by atoms with van der Waals surface area (Å²) in [5.41, 5.74) is 7.27. The van der Waals surface area contributed by atoms with E-state index in [9.17, 15) is 0 Å². The average Bonchev–Trinajstić information content (AvgIpc) is 2.42. The Labute approximate surface area is 116 Å². The highest BCUT2D eigenvalue weighted by Crippen LogP contribution is 2.23. The van der Waals surface area contributed by atoms with E-state index < -0.39 is 0 Å². The first-order valence-electron chi connectivity index (χ1n) is 5.83. The van der Waals surface area contributed by atoms with Crippen LogP contribution in [0.1, 0.15) is 11.1 Å². The molecule has 1 heterocycles. The van der Waals surface area contributed by atoms with Gasteiger partial charge in [-0.2, -0.15) is 0 Å². The molecule has 5 heteroatoms. The number of ether oxygens (including phenoxy) is 1. The zero-order chi connectivity index (χ0) is 13.7. The third kappa shape index (κ3) is 3.49. The zero-order valence-corrected chi connectivity index (χ0v) is 11.1. The van der Waals surface area contributed by atoms with E-state index in [1.54, 1.807) is 18.3 Å². The average molecular weight is 274 g/mol. The van der Waals surface area contributed by atoms with E-state index >= 15 is 0 Å². The number of rotatable bonds is 5. The largest absolute Gasteiger partial charge is 0.438 e. The Hall–Kier alpha value is -1.98. The SMILES string of the molecule is NC(=S)c1cccnc1Oc1ccc(CCO)cc1. The summed E-state index contributed by atoms with van der Waals surface area (Å²) in [5, 5.41) is 8.85. The maximum atomic E-state index is 8.85. The van der Waals surface area contributed by atoms with Crippen molar-refractivity contribution in [1.82, 2.24) is 4.98 Å². The topological polar surface area (TPSA) is 68.4 Å². The highest BCUT2D eigenvalue weighted by molar-refractivity contribution is 7.80. The number of aromatic nitrogens is 1. The van der Waals surface area contributed by atoms with Crippen LogP contribution >= 0.6 is 12.2 Å². The molecule has 0 bridgehead atoms. The lowest BCUT2D eigenvalue weighted by atomic mass is 10.1. The van der Waals surface area contributed by atoms with Crippen molar-refractivity contribution >= 4 is 17.2 Å². The molecule has 2 rings (SSSR count). The summed E-state index contributed by atoms with van der Waals surface area (Å²) >= 11 is 4.95. The summed E-state index contributed by atoms with van der Waals surface area (Å²) in [6.07, 6.45) is 2.25. The fraction of sp³-hybridized carbons (Fsp3) is 0.143. The summed E-state index contributed by atoms with van der Waals surface area (Å²) < 4.78 is 5.66. The fourth-order valence-corrected chi connectivity index (χ4v) is 1.78. The van der Waals surface area contributed by atoms with Crippen LogP contribution in [-0.2, 0) is 6.42 Å². The molecule has 0 radical (unpaired) electrons. The molecule has 0 fully saturated rings. The number of benzene rings is 1. The third-order valence-corrected chi connectivity index (χ3v) is 2.79. The second-order valence-corrected chi connectivity index (χ2v) is 4.38. The van der Waals surface area contributed by atoms with Crippen molar-refractivity contribution < 1.29 is 9.84 Å². The predicted octanol–water partition coefficient (Wildman–Crippen LogP) is 2.04. The van der Waals surface area contributed by atoms with Gasteiger partial charge in [0, 0.05) is 12.8 Å². The van der Waals surface area contributed by atoms with Gasteiger partial charge in [0.25, 0.3) is 0 Å². The molecule has 1 aromatic heterocycles. The van der Waals surface area contributed by atoms with E-state index in [-0.39, 0.29) is 11.6 Å². The number of aliphatic hydroxyl groups is 1. The van der Waals surface area contributed by atoms with Crippen molar-refractivity contribution in [3.05, 3.63) is 53.7 Å². The number of nitrogens with zero attached hydrogens (tertiary/aromatic N) is 1. The monoisotopic (exact) mass is 274 g/mol. The summed E-state index contributed by atoms with van der Waals surface area (Å²) in [4.78, 5) is 4.37. The van der Waals surface area contributed by atoms with Crippen LogP contribution in [0, 0.1) is 0 Å². The minimum absolute atomic E-state index is 0.131. The molecule has 3 N–H and O–H groups in total. The number of thiocarbonyl (C=S) groups is 1. The van der Waals surface area contributed by atoms with Crippen molar-refractivity contribution in [2.75, 3.05) is 6.61 Å². The molecule has 0 saturated heterocycles. The standard InChI is InChI=1S/C14H14N2O2S/c15-13(19)12-2-1-8-16-14(12)18-11-5-3-10(4-6-11)7-9-17/h1-6,8,17H,7,9H2,(H2,15,19). The van der Waals surface area contributed by atoms with Gasteiger partial charge in [-0.25, -0.2) is 4.98 Å². The van der Waals surface area contributed by atoms with Crippen molar-refractivity contribution in [3.8, 4) is 11.6 Å². The number of aliphatic hydroxyl groups excluding tert-OH is 1. The van der Waals surface area contributed by atoms with E-state index in [1.165, 1.54) is 0 Å². The smallest absolute Gasteiger partial charge is 0.229 e. The summed E-state index contributed by atoms with van der Waals surface area (Å²) in [6.45, 7) is 0.131. The number of pyridine rings is 1. The number of hydrogen-bond donors (Lipinski definition) is 2. The molecule has 98 valence electrons. The van der Waals surface area contributed by atoms with Crippen molar-refractivity contribution in [3.63, 3.8) is 0 Å². The van der Waals surface area contributed by atoms with Crippen molar-refractivity contribution in [2.45, 2.75) is 6.42 Å². The predicted molar refractivity (Wildman–Crippen MR) is 77.4 cm³/mol. The van der Waals surface area contributed by atoms with Crippen molar-refractivity contribution in [1.29, 1.82) is 0 Å². The van der Waals surface area contributed by atoms with Crippen LogP contribution in [-0.4, -0.2) is 21.7 Å². The van der Waals surface area contributed by atoms with Crippen LogP contribution in [0.5, 0.6) is 11.6 Å². The lowest BCUT2D eigenvalue weighted by Crippen LogP contribution is -2.11. The molecule has 0 spiro atoms. The molecule has 1 aromatic carbocycles. The van der Waals surface area contributed by atoms with Crippen molar-refractivity contribution in [2.24, 2.45) is 5.73 Å². The molecular formula is C14H14N2O2S. The van der Waals surface area contributed by atoms with Crippen LogP contribution in [0.25, 0.3) is 0 Å². The van der Waals surface area contributed by atoms with Gasteiger partial charge in [-0.15, -0.1) is 0 Å². The summed E-state index contributed by atoms with van der Waals surface area (Å²) in [5.74, 6) is 1.04. The van der Waals surface area contributed by atoms with Gasteiger partial charge in [0.1, 0.15) is 10.7 Å². The highest BCUT2D eigenvalue weighted by atomic mass is 32.1. The van der Waals surface area contributed by atoms with Gasteiger partial charge < -0.3 is 15.6 Å². The maximum Gasteiger partial charge on any atom is 0.229 e. The molecule has 0 saturated carbocycles. The van der Waals surface area contributed by atoms with Gasteiger partial charge in [0.05, 0.1) is 5.56 Å². The van der Waals surface area contributed by atoms with Crippen LogP contribution in [0.2, 0.25) is 0 Å². The normalized spacial score (nSPS) is 10.2. The molecule has 0 aliphatic heterocycles. The highest BCUT2D eigenvalue weighted by Gasteiger charge is 2.08. The Morgan fingerprint density at radius 1 is 1.26 bits per heavy atom. The van der Waals surface area contributed by atoms with Gasteiger partial charge in [-0.05, 0) is 36.2 Å². The van der Waals surface area contributed by atoms with Gasteiger partial charge >= 0.3 is 0 Å². The Balaban J connectivity index is 2.19. The Morgan fingerprint density at radius 3 is 2.63 bits per heavy atom. The Kier molecular flexibility index (Phi) is 4.43. The van der Waals surface area contributed by atoms with Gasteiger partial charge in [0.2, 0.25) is 5.88 Å². The van der Waals surface area contributed by atoms with Crippen LogP contribution in [0.4, 0.5) is 0 Å². The third-order valence-electron chi connectivity index (χ3n) is 2.57. The summed E-state index contributed by atoms with van der Waals surface area (Å²) in [7, 11) is 0. The molecule has 0 amide bonds. The molecule has 2 aromatic rings.